The average Bonchev–Trinajstić information content (AvgIpc) is 2.26. The maximum absolute atomic E-state index is 5.90. The number of rotatable bonds is 4. The monoisotopic (exact) mass is 263 g/mol. The Morgan fingerprint density at radius 3 is 2.58 bits per heavy atom. The van der Waals surface area contributed by atoms with Crippen LogP contribution in [0.25, 0.3) is 0 Å². The molecule has 1 heterocycles. The highest BCUT2D eigenvalue weighted by Crippen LogP contribution is 2.40. The summed E-state index contributed by atoms with van der Waals surface area (Å²) in [6.07, 6.45) is 3.92. The van der Waals surface area contributed by atoms with Crippen LogP contribution in [0.3, 0.4) is 0 Å². The van der Waals surface area contributed by atoms with E-state index in [9.17, 15) is 0 Å². The minimum atomic E-state index is -0.292. The van der Waals surface area contributed by atoms with Gasteiger partial charge < -0.3 is 15.8 Å². The van der Waals surface area contributed by atoms with Crippen molar-refractivity contribution >= 4 is 11.5 Å². The van der Waals surface area contributed by atoms with E-state index in [1.165, 1.54) is 19.3 Å². The van der Waals surface area contributed by atoms with Gasteiger partial charge in [0.1, 0.15) is 11.4 Å². The lowest BCUT2D eigenvalue weighted by atomic mass is 9.70. The summed E-state index contributed by atoms with van der Waals surface area (Å²) in [7, 11) is 0. The zero-order valence-electron chi connectivity index (χ0n) is 12.4. The molecular formula is C15H25N3O. The first-order valence-electron chi connectivity index (χ1n) is 6.97. The summed E-state index contributed by atoms with van der Waals surface area (Å²) in [5.41, 5.74) is 6.61. The van der Waals surface area contributed by atoms with Crippen molar-refractivity contribution in [1.82, 2.24) is 4.98 Å². The number of nitrogens with two attached hydrogens (primary N) is 1. The fourth-order valence-electron chi connectivity index (χ4n) is 2.18. The normalized spacial score (nSPS) is 17.7. The molecule has 4 nitrogen and oxygen atoms in total. The van der Waals surface area contributed by atoms with E-state index in [0.717, 1.165) is 12.4 Å². The first kappa shape index (κ1) is 14.0. The third-order valence-corrected chi connectivity index (χ3v) is 3.55. The Morgan fingerprint density at radius 1 is 1.37 bits per heavy atom. The van der Waals surface area contributed by atoms with Crippen molar-refractivity contribution in [2.45, 2.75) is 52.6 Å². The maximum atomic E-state index is 5.90. The fourth-order valence-corrected chi connectivity index (χ4v) is 2.18. The predicted octanol–water partition coefficient (Wildman–Crippen LogP) is 3.44. The van der Waals surface area contributed by atoms with Crippen molar-refractivity contribution < 1.29 is 4.74 Å². The molecule has 2 rings (SSSR count). The first-order chi connectivity index (χ1) is 8.77. The number of hydrogen-bond acceptors (Lipinski definition) is 4. The summed E-state index contributed by atoms with van der Waals surface area (Å²) in [5.74, 6) is 1.35. The molecule has 1 fully saturated rings. The van der Waals surface area contributed by atoms with Gasteiger partial charge in [0.15, 0.2) is 0 Å². The second-order valence-corrected chi connectivity index (χ2v) is 6.82. The van der Waals surface area contributed by atoms with E-state index in [2.05, 4.69) is 17.2 Å². The van der Waals surface area contributed by atoms with Crippen LogP contribution in [0.2, 0.25) is 0 Å². The van der Waals surface area contributed by atoms with Crippen LogP contribution in [0.1, 0.15) is 47.0 Å². The second kappa shape index (κ2) is 4.91. The van der Waals surface area contributed by atoms with E-state index in [0.29, 0.717) is 17.0 Å². The van der Waals surface area contributed by atoms with E-state index in [4.69, 9.17) is 10.5 Å². The number of nitrogen functional groups attached to an aromatic ring is 1. The van der Waals surface area contributed by atoms with E-state index >= 15 is 0 Å². The largest absolute Gasteiger partial charge is 0.470 e. The molecule has 0 aromatic carbocycles. The van der Waals surface area contributed by atoms with Gasteiger partial charge in [-0.3, -0.25) is 0 Å². The lowest BCUT2D eigenvalue weighted by molar-refractivity contribution is 0.125. The van der Waals surface area contributed by atoms with Crippen LogP contribution in [0.5, 0.6) is 5.88 Å². The van der Waals surface area contributed by atoms with Crippen LogP contribution in [-0.4, -0.2) is 17.1 Å². The predicted molar refractivity (Wildman–Crippen MR) is 79.5 cm³/mol. The number of hydrogen-bond donors (Lipinski definition) is 2. The van der Waals surface area contributed by atoms with E-state index in [-0.39, 0.29) is 5.60 Å². The minimum absolute atomic E-state index is 0.292. The molecule has 19 heavy (non-hydrogen) atoms. The first-order valence-corrected chi connectivity index (χ1v) is 6.97. The quantitative estimate of drug-likeness (QED) is 0.873. The molecule has 0 bridgehead atoms. The van der Waals surface area contributed by atoms with E-state index in [1.807, 2.05) is 32.9 Å². The third kappa shape index (κ3) is 3.75. The molecule has 1 aromatic heterocycles. The van der Waals surface area contributed by atoms with Crippen LogP contribution in [0, 0.1) is 5.41 Å². The van der Waals surface area contributed by atoms with Crippen LogP contribution >= 0.6 is 0 Å². The standard InChI is InChI=1S/C15H25N3O/c1-14(2,3)19-13-11(16)6-7-12(18-13)17-10-15(4)8-5-9-15/h6-7H,5,8-10,16H2,1-4H3,(H,17,18). The number of pyridine rings is 1. The fraction of sp³-hybridized carbons (Fsp3) is 0.667. The van der Waals surface area contributed by atoms with Gasteiger partial charge in [0, 0.05) is 6.54 Å². The van der Waals surface area contributed by atoms with Gasteiger partial charge >= 0.3 is 0 Å². The second-order valence-electron chi connectivity index (χ2n) is 6.82. The molecule has 0 radical (unpaired) electrons. The number of ether oxygens (including phenoxy) is 1. The molecule has 0 atom stereocenters. The zero-order chi connectivity index (χ0) is 14.1. The third-order valence-electron chi connectivity index (χ3n) is 3.55. The Bertz CT molecular complexity index is 447. The van der Waals surface area contributed by atoms with Crippen LogP contribution in [0.4, 0.5) is 11.5 Å². The highest BCUT2D eigenvalue weighted by molar-refractivity contribution is 5.53. The van der Waals surface area contributed by atoms with Gasteiger partial charge in [0.2, 0.25) is 5.88 Å². The van der Waals surface area contributed by atoms with Gasteiger partial charge in [-0.25, -0.2) is 0 Å². The molecule has 0 unspecified atom stereocenters. The van der Waals surface area contributed by atoms with Crippen LogP contribution in [-0.2, 0) is 0 Å². The number of aromatic nitrogens is 1. The van der Waals surface area contributed by atoms with E-state index < -0.39 is 0 Å². The number of nitrogens with zero attached hydrogens (tertiary/aromatic N) is 1. The van der Waals surface area contributed by atoms with Crippen molar-refractivity contribution in [3.8, 4) is 5.88 Å². The van der Waals surface area contributed by atoms with Gasteiger partial charge in [0.05, 0.1) is 5.69 Å². The molecule has 1 aliphatic rings. The Hall–Kier alpha value is -1.45. The van der Waals surface area contributed by atoms with Crippen molar-refractivity contribution in [1.29, 1.82) is 0 Å². The average molecular weight is 263 g/mol. The van der Waals surface area contributed by atoms with Gasteiger partial charge in [-0.2, -0.15) is 4.98 Å². The molecule has 3 N–H and O–H groups in total. The lowest BCUT2D eigenvalue weighted by Gasteiger charge is -2.38. The molecule has 1 aromatic rings. The van der Waals surface area contributed by atoms with Gasteiger partial charge in [0.25, 0.3) is 0 Å². The molecule has 0 aliphatic heterocycles. The summed E-state index contributed by atoms with van der Waals surface area (Å²) in [6, 6.07) is 3.76. The van der Waals surface area contributed by atoms with Crippen molar-refractivity contribution in [2.75, 3.05) is 17.6 Å². The van der Waals surface area contributed by atoms with Crippen LogP contribution < -0.4 is 15.8 Å². The topological polar surface area (TPSA) is 60.2 Å². The highest BCUT2D eigenvalue weighted by Gasteiger charge is 2.31. The Balaban J connectivity index is 2.03. The van der Waals surface area contributed by atoms with E-state index in [1.54, 1.807) is 0 Å². The summed E-state index contributed by atoms with van der Waals surface area (Å²) in [5, 5.41) is 3.39. The Labute approximate surface area is 115 Å². The molecule has 1 aliphatic carbocycles. The molecule has 0 saturated heterocycles. The Kier molecular flexibility index (Phi) is 3.61. The molecule has 106 valence electrons. The zero-order valence-corrected chi connectivity index (χ0v) is 12.4. The van der Waals surface area contributed by atoms with Crippen molar-refractivity contribution in [2.24, 2.45) is 5.41 Å². The van der Waals surface area contributed by atoms with Crippen molar-refractivity contribution in [3.05, 3.63) is 12.1 Å². The highest BCUT2D eigenvalue weighted by atomic mass is 16.5. The number of anilines is 2. The maximum Gasteiger partial charge on any atom is 0.239 e. The molecule has 0 spiro atoms. The SMILES string of the molecule is CC1(CNc2ccc(N)c(OC(C)(C)C)n2)CCC1. The minimum Gasteiger partial charge on any atom is -0.470 e. The number of nitrogens with one attached hydrogen (secondary N) is 1. The van der Waals surface area contributed by atoms with Crippen LogP contribution in [0.15, 0.2) is 12.1 Å². The molecule has 4 heteroatoms. The summed E-state index contributed by atoms with van der Waals surface area (Å²) in [6.45, 7) is 9.24. The summed E-state index contributed by atoms with van der Waals surface area (Å²) < 4.78 is 5.77. The van der Waals surface area contributed by atoms with Gasteiger partial charge in [-0.1, -0.05) is 13.3 Å². The molecule has 1 saturated carbocycles. The summed E-state index contributed by atoms with van der Waals surface area (Å²) in [4.78, 5) is 4.46. The Morgan fingerprint density at radius 2 is 2.05 bits per heavy atom. The lowest BCUT2D eigenvalue weighted by Crippen LogP contribution is -2.33. The molecular weight excluding hydrogens is 238 g/mol. The van der Waals surface area contributed by atoms with Crippen molar-refractivity contribution in [3.63, 3.8) is 0 Å². The molecule has 0 amide bonds. The van der Waals surface area contributed by atoms with Gasteiger partial charge in [-0.15, -0.1) is 0 Å². The summed E-state index contributed by atoms with van der Waals surface area (Å²) >= 11 is 0. The van der Waals surface area contributed by atoms with Gasteiger partial charge in [-0.05, 0) is 51.2 Å². The smallest absolute Gasteiger partial charge is 0.239 e.